The van der Waals surface area contributed by atoms with Gasteiger partial charge in [0.15, 0.2) is 0 Å². The fraction of sp³-hybridized carbons (Fsp3) is 0.140. The van der Waals surface area contributed by atoms with Gasteiger partial charge in [-0.05, 0) is 86.6 Å². The molecule has 0 unspecified atom stereocenters. The van der Waals surface area contributed by atoms with Crippen LogP contribution in [0.4, 0.5) is 0 Å². The molecule has 0 fully saturated rings. The van der Waals surface area contributed by atoms with E-state index in [-0.39, 0.29) is 53.3 Å². The minimum Gasteiger partial charge on any atom is -0.500 e. The zero-order valence-electron chi connectivity index (χ0n) is 39.2. The van der Waals surface area contributed by atoms with Crippen LogP contribution in [-0.2, 0) is 25.5 Å². The molecule has 1 radical (unpaired) electrons. The second kappa shape index (κ2) is 15.1. The molecular weight excluding hydrogens is 851 g/mol. The average molecular weight is 899 g/mol. The Morgan fingerprint density at radius 3 is 2.24 bits per heavy atom. The van der Waals surface area contributed by atoms with Crippen molar-refractivity contribution in [3.8, 4) is 39.7 Å². The van der Waals surface area contributed by atoms with Gasteiger partial charge in [0.2, 0.25) is 0 Å². The van der Waals surface area contributed by atoms with E-state index in [1.54, 1.807) is 24.3 Å². The van der Waals surface area contributed by atoms with Crippen molar-refractivity contribution in [2.45, 2.75) is 46.7 Å². The van der Waals surface area contributed by atoms with Gasteiger partial charge in [0.25, 0.3) is 0 Å². The number of fused-ring (bicyclic) bond motifs is 7. The van der Waals surface area contributed by atoms with Gasteiger partial charge in [0, 0.05) is 55.6 Å². The Labute approximate surface area is 348 Å². The summed E-state index contributed by atoms with van der Waals surface area (Å²) in [5.74, 6) is 0. The number of nitriles is 1. The topological polar surface area (TPSA) is 62.7 Å². The summed E-state index contributed by atoms with van der Waals surface area (Å²) in [5.41, 5.74) is 5.64. The molecule has 0 spiro atoms. The molecule has 0 atom stereocenters. The van der Waals surface area contributed by atoms with Crippen molar-refractivity contribution in [3.05, 3.63) is 168 Å². The van der Waals surface area contributed by atoms with Crippen LogP contribution < -0.4 is 0 Å². The Balaban J connectivity index is 0.000000246. The number of hydrogen-bond donors (Lipinski definition) is 0. The molecule has 0 amide bonds. The summed E-state index contributed by atoms with van der Waals surface area (Å²) in [7, 11) is 0. The molecule has 271 valence electrons. The van der Waals surface area contributed by atoms with Gasteiger partial charge in [-0.3, -0.25) is 0 Å². The van der Waals surface area contributed by atoms with Gasteiger partial charge in [-0.15, -0.1) is 53.6 Å². The quantitative estimate of drug-likeness (QED) is 0.131. The van der Waals surface area contributed by atoms with E-state index in [9.17, 15) is 5.26 Å². The molecule has 5 heteroatoms. The standard InChI is InChI=1S/C34H21N2O.C16H18N.Ir/c1-20-16-22(18-35)10-14-25(20)30-17-31(36-19-21(30)2)29-9-5-8-27-28-15-13-24-12-11-23-6-3-4-7-26(23)32(24)34(28)37-33(27)29;1-12-5-7-13(8-6-12)15-10-9-14(11-17-15)16(2,3)4;/h3-8,10-17,19H,1-2H3;5-7,9-11H,1-4H3;/q2*-1;/i1D3,2D3;1D3;. The SMILES string of the molecule is [2H]C([2H])([2H])c1c[c-]c(-c2ccc(C(C)(C)C)cn2)cc1.[2H]C([2H])([2H])c1cnc(-c2[c-]ccc3c2oc2c3ccc3ccc4ccccc4c32)cc1-c1ccc(C#N)cc1C([2H])([2H])[2H].[Ir]. The molecule has 4 nitrogen and oxygen atoms in total. The Hall–Kier alpha value is -5.92. The van der Waals surface area contributed by atoms with Crippen LogP contribution in [-0.4, -0.2) is 9.97 Å². The molecule has 0 aliphatic rings. The molecule has 55 heavy (non-hydrogen) atoms. The van der Waals surface area contributed by atoms with Crippen molar-refractivity contribution in [3.63, 3.8) is 0 Å². The second-order valence-electron chi connectivity index (χ2n) is 14.2. The number of rotatable bonds is 3. The number of nitrogens with zero attached hydrogens (tertiary/aromatic N) is 3. The van der Waals surface area contributed by atoms with Gasteiger partial charge in [-0.25, -0.2) is 0 Å². The molecule has 9 rings (SSSR count). The fourth-order valence-electron chi connectivity index (χ4n) is 6.72. The molecule has 0 aliphatic heterocycles. The van der Waals surface area contributed by atoms with Crippen LogP contribution in [0.3, 0.4) is 0 Å². The second-order valence-corrected chi connectivity index (χ2v) is 14.2. The van der Waals surface area contributed by atoms with Crippen molar-refractivity contribution < 1.29 is 36.9 Å². The van der Waals surface area contributed by atoms with Crippen LogP contribution >= 0.6 is 0 Å². The number of furan rings is 1. The Bertz CT molecular complexity index is 3180. The maximum Gasteiger partial charge on any atom is 0.129 e. The summed E-state index contributed by atoms with van der Waals surface area (Å²) in [6, 6.07) is 42.9. The maximum atomic E-state index is 9.40. The Kier molecular flexibility index (Phi) is 7.57. The molecule has 0 saturated heterocycles. The summed E-state index contributed by atoms with van der Waals surface area (Å²) in [6.07, 6.45) is 3.12. The van der Waals surface area contributed by atoms with E-state index in [0.29, 0.717) is 22.4 Å². The molecule has 0 saturated carbocycles. The van der Waals surface area contributed by atoms with Crippen LogP contribution in [0.25, 0.3) is 77.1 Å². The van der Waals surface area contributed by atoms with Crippen molar-refractivity contribution in [1.29, 1.82) is 5.26 Å². The van der Waals surface area contributed by atoms with E-state index in [4.69, 9.17) is 16.8 Å². The molecular formula is C50H39IrN3O-2. The van der Waals surface area contributed by atoms with E-state index >= 15 is 0 Å². The largest absolute Gasteiger partial charge is 0.500 e. The number of aryl methyl sites for hydroxylation is 3. The first-order chi connectivity index (χ1) is 29.7. The summed E-state index contributed by atoms with van der Waals surface area (Å²) in [6.45, 7) is -0.830. The minimum atomic E-state index is -2.59. The van der Waals surface area contributed by atoms with Gasteiger partial charge < -0.3 is 14.4 Å². The first-order valence-electron chi connectivity index (χ1n) is 21.9. The zero-order valence-corrected chi connectivity index (χ0v) is 32.6. The van der Waals surface area contributed by atoms with E-state index in [0.717, 1.165) is 49.2 Å². The Morgan fingerprint density at radius 2 is 1.49 bits per heavy atom. The van der Waals surface area contributed by atoms with E-state index in [2.05, 4.69) is 73.2 Å². The molecule has 0 N–H and O–H groups in total. The van der Waals surface area contributed by atoms with Crippen molar-refractivity contribution in [2.24, 2.45) is 0 Å². The van der Waals surface area contributed by atoms with Crippen molar-refractivity contribution in [1.82, 2.24) is 9.97 Å². The van der Waals surface area contributed by atoms with E-state index in [1.165, 1.54) is 36.0 Å². The molecule has 6 aromatic carbocycles. The van der Waals surface area contributed by atoms with Gasteiger partial charge in [-0.1, -0.05) is 111 Å². The molecule has 3 aromatic heterocycles. The normalized spacial score (nSPS) is 14.4. The predicted molar refractivity (Wildman–Crippen MR) is 222 cm³/mol. The van der Waals surface area contributed by atoms with Crippen LogP contribution in [0.15, 0.2) is 132 Å². The molecule has 0 aliphatic carbocycles. The van der Waals surface area contributed by atoms with Gasteiger partial charge >= 0.3 is 0 Å². The number of aromatic nitrogens is 2. The van der Waals surface area contributed by atoms with Crippen molar-refractivity contribution in [2.75, 3.05) is 0 Å². The average Bonchev–Trinajstić information content (AvgIpc) is 3.64. The van der Waals surface area contributed by atoms with Gasteiger partial charge in [0.05, 0.1) is 17.2 Å². The van der Waals surface area contributed by atoms with Crippen molar-refractivity contribution >= 4 is 43.5 Å². The van der Waals surface area contributed by atoms with E-state index < -0.39 is 20.6 Å². The third-order valence-corrected chi connectivity index (χ3v) is 9.62. The fourth-order valence-corrected chi connectivity index (χ4v) is 6.72. The minimum absolute atomic E-state index is 0. The van der Waals surface area contributed by atoms with Crippen LogP contribution in [0.5, 0.6) is 0 Å². The molecule has 3 heterocycles. The first-order valence-corrected chi connectivity index (χ1v) is 17.4. The summed E-state index contributed by atoms with van der Waals surface area (Å²) in [5, 5.41) is 15.4. The van der Waals surface area contributed by atoms with E-state index in [1.807, 2.05) is 48.7 Å². The monoisotopic (exact) mass is 899 g/mol. The molecule has 9 aromatic rings. The summed E-state index contributed by atoms with van der Waals surface area (Å²) in [4.78, 5) is 8.95. The smallest absolute Gasteiger partial charge is 0.129 e. The van der Waals surface area contributed by atoms with Crippen LogP contribution in [0.2, 0.25) is 0 Å². The summed E-state index contributed by atoms with van der Waals surface area (Å²) >= 11 is 0. The van der Waals surface area contributed by atoms with Gasteiger partial charge in [-0.2, -0.15) is 5.26 Å². The zero-order chi connectivity index (χ0) is 45.1. The molecule has 0 bridgehead atoms. The van der Waals surface area contributed by atoms with Crippen LogP contribution in [0, 0.1) is 44.0 Å². The maximum absolute atomic E-state index is 9.40. The third kappa shape index (κ3) is 7.20. The van der Waals surface area contributed by atoms with Gasteiger partial charge in [0.1, 0.15) is 5.58 Å². The summed E-state index contributed by atoms with van der Waals surface area (Å²) < 4.78 is 77.5. The number of hydrogen-bond acceptors (Lipinski definition) is 4. The first kappa shape index (κ1) is 27.6. The number of pyridine rings is 2. The third-order valence-electron chi connectivity index (χ3n) is 9.62. The predicted octanol–water partition coefficient (Wildman–Crippen LogP) is 13.1. The number of benzene rings is 6. The van der Waals surface area contributed by atoms with Crippen LogP contribution in [0.1, 0.15) is 60.9 Å². The Morgan fingerprint density at radius 1 is 0.691 bits per heavy atom.